The highest BCUT2D eigenvalue weighted by molar-refractivity contribution is 6.05. The molecule has 0 aromatic heterocycles. The van der Waals surface area contributed by atoms with Crippen LogP contribution in [0.4, 0.5) is 11.4 Å². The lowest BCUT2D eigenvalue weighted by atomic mass is 9.99. The van der Waals surface area contributed by atoms with Crippen molar-refractivity contribution in [1.29, 1.82) is 0 Å². The Kier molecular flexibility index (Phi) is 5.44. The van der Waals surface area contributed by atoms with Gasteiger partial charge in [0.1, 0.15) is 5.70 Å². The zero-order chi connectivity index (χ0) is 21.3. The molecule has 1 aromatic rings. The third kappa shape index (κ3) is 3.63. The first-order chi connectivity index (χ1) is 14.5. The highest BCUT2D eigenvalue weighted by atomic mass is 16.5. The van der Waals surface area contributed by atoms with Gasteiger partial charge in [0.15, 0.2) is 0 Å². The molecule has 1 amide bonds. The van der Waals surface area contributed by atoms with Crippen LogP contribution in [0.15, 0.2) is 53.9 Å². The maximum absolute atomic E-state index is 12.7. The second kappa shape index (κ2) is 8.18. The normalized spacial score (nSPS) is 18.1. The number of nitrogens with zero attached hydrogens (tertiary/aromatic N) is 2. The minimum atomic E-state index is -0.644. The summed E-state index contributed by atoms with van der Waals surface area (Å²) in [6, 6.07) is 5.74. The smallest absolute Gasteiger partial charge is 0.355 e. The molecule has 1 fully saturated rings. The number of ether oxygens (including phenoxy) is 2. The zero-order valence-corrected chi connectivity index (χ0v) is 17.1. The molecule has 7 nitrogen and oxygen atoms in total. The lowest BCUT2D eigenvalue weighted by Gasteiger charge is -2.31. The van der Waals surface area contributed by atoms with Crippen molar-refractivity contribution < 1.29 is 23.9 Å². The number of esters is 2. The molecule has 4 rings (SSSR count). The van der Waals surface area contributed by atoms with E-state index in [1.54, 1.807) is 23.3 Å². The first-order valence-electron chi connectivity index (χ1n) is 10.0. The predicted octanol–water partition coefficient (Wildman–Crippen LogP) is 2.87. The molecule has 156 valence electrons. The van der Waals surface area contributed by atoms with Crippen molar-refractivity contribution in [2.45, 2.75) is 25.7 Å². The Balaban J connectivity index is 1.76. The van der Waals surface area contributed by atoms with E-state index >= 15 is 0 Å². The van der Waals surface area contributed by atoms with Gasteiger partial charge in [-0.05, 0) is 61.6 Å². The Labute approximate surface area is 175 Å². The monoisotopic (exact) mass is 408 g/mol. The van der Waals surface area contributed by atoms with Crippen LogP contribution >= 0.6 is 0 Å². The van der Waals surface area contributed by atoms with E-state index in [2.05, 4.69) is 0 Å². The average Bonchev–Trinajstić information content (AvgIpc) is 3.63. The van der Waals surface area contributed by atoms with Crippen LogP contribution in [0.25, 0.3) is 0 Å². The van der Waals surface area contributed by atoms with E-state index in [-0.39, 0.29) is 23.1 Å². The maximum atomic E-state index is 12.7. The van der Waals surface area contributed by atoms with Crippen LogP contribution in [-0.4, -0.2) is 38.6 Å². The molecule has 7 heteroatoms. The van der Waals surface area contributed by atoms with E-state index in [4.69, 9.17) is 9.47 Å². The van der Waals surface area contributed by atoms with Crippen LogP contribution in [0.2, 0.25) is 0 Å². The van der Waals surface area contributed by atoms with Crippen molar-refractivity contribution in [3.05, 3.63) is 59.5 Å². The van der Waals surface area contributed by atoms with E-state index < -0.39 is 11.9 Å². The van der Waals surface area contributed by atoms with E-state index in [1.165, 1.54) is 20.3 Å². The Hall–Kier alpha value is -3.35. The summed E-state index contributed by atoms with van der Waals surface area (Å²) in [6.07, 6.45) is 10.3. The Morgan fingerprint density at radius 3 is 2.50 bits per heavy atom. The molecule has 1 aromatic carbocycles. The number of allylic oxidation sites excluding steroid dienone is 2. The largest absolute Gasteiger partial charge is 0.465 e. The zero-order valence-electron chi connectivity index (χ0n) is 17.1. The molecule has 2 aliphatic heterocycles. The maximum Gasteiger partial charge on any atom is 0.355 e. The van der Waals surface area contributed by atoms with Crippen molar-refractivity contribution >= 4 is 29.2 Å². The summed E-state index contributed by atoms with van der Waals surface area (Å²) in [7, 11) is 2.54. The van der Waals surface area contributed by atoms with Gasteiger partial charge in [0.05, 0.1) is 19.8 Å². The molecule has 0 radical (unpaired) electrons. The van der Waals surface area contributed by atoms with Crippen molar-refractivity contribution in [2.24, 2.45) is 5.92 Å². The third-order valence-electron chi connectivity index (χ3n) is 5.54. The van der Waals surface area contributed by atoms with E-state index in [0.29, 0.717) is 5.69 Å². The summed E-state index contributed by atoms with van der Waals surface area (Å²) in [5, 5.41) is 0. The predicted molar refractivity (Wildman–Crippen MR) is 112 cm³/mol. The van der Waals surface area contributed by atoms with E-state index in [1.807, 2.05) is 23.1 Å². The van der Waals surface area contributed by atoms with Crippen molar-refractivity contribution in [2.75, 3.05) is 30.6 Å². The van der Waals surface area contributed by atoms with Crippen LogP contribution in [0.5, 0.6) is 0 Å². The number of carbonyl (C=O) groups is 3. The number of methoxy groups -OCH3 is 2. The fourth-order valence-corrected chi connectivity index (χ4v) is 3.88. The first-order valence-corrected chi connectivity index (χ1v) is 10.0. The van der Waals surface area contributed by atoms with Crippen molar-refractivity contribution in [3.8, 4) is 0 Å². The topological polar surface area (TPSA) is 76.2 Å². The third-order valence-corrected chi connectivity index (χ3v) is 5.54. The number of aryl methyl sites for hydroxylation is 1. The molecule has 0 bridgehead atoms. The van der Waals surface area contributed by atoms with E-state index in [0.717, 1.165) is 43.5 Å². The van der Waals surface area contributed by atoms with Gasteiger partial charge in [-0.15, -0.1) is 0 Å². The number of carbonyl (C=O) groups excluding carboxylic acids is 3. The minimum absolute atomic E-state index is 0.0797. The fraction of sp³-hybridized carbons (Fsp3) is 0.348. The molecule has 0 spiro atoms. The quantitative estimate of drug-likeness (QED) is 0.713. The van der Waals surface area contributed by atoms with Crippen LogP contribution in [0.3, 0.4) is 0 Å². The van der Waals surface area contributed by atoms with Crippen LogP contribution in [0.1, 0.15) is 24.8 Å². The highest BCUT2D eigenvalue weighted by Crippen LogP contribution is 2.38. The number of rotatable bonds is 4. The van der Waals surface area contributed by atoms with Gasteiger partial charge in [-0.2, -0.15) is 0 Å². The second-order valence-corrected chi connectivity index (χ2v) is 7.50. The minimum Gasteiger partial charge on any atom is -0.465 e. The summed E-state index contributed by atoms with van der Waals surface area (Å²) in [5.41, 5.74) is 2.86. The first kappa shape index (κ1) is 19.9. The average molecular weight is 408 g/mol. The Morgan fingerprint density at radius 2 is 1.80 bits per heavy atom. The summed E-state index contributed by atoms with van der Waals surface area (Å²) in [4.78, 5) is 41.1. The highest BCUT2D eigenvalue weighted by Gasteiger charge is 2.36. The fourth-order valence-electron chi connectivity index (χ4n) is 3.88. The van der Waals surface area contributed by atoms with Gasteiger partial charge in [0.25, 0.3) is 0 Å². The molecule has 0 saturated heterocycles. The van der Waals surface area contributed by atoms with E-state index in [9.17, 15) is 14.4 Å². The lowest BCUT2D eigenvalue weighted by Crippen LogP contribution is -2.36. The molecule has 0 atom stereocenters. The van der Waals surface area contributed by atoms with Crippen LogP contribution in [0, 0.1) is 5.92 Å². The molecular formula is C23H24N2O5. The molecule has 0 unspecified atom stereocenters. The van der Waals surface area contributed by atoms with Crippen molar-refractivity contribution in [1.82, 2.24) is 0 Å². The SMILES string of the molecule is COC(=O)C1=C(C(=O)OC)N(c2ccc3c(c2)CCCN3C(=O)C2CC2)C=CC=C1. The van der Waals surface area contributed by atoms with Gasteiger partial charge < -0.3 is 19.3 Å². The Morgan fingerprint density at radius 1 is 1.03 bits per heavy atom. The molecule has 3 aliphatic rings. The summed E-state index contributed by atoms with van der Waals surface area (Å²) < 4.78 is 9.81. The molecule has 1 aliphatic carbocycles. The summed E-state index contributed by atoms with van der Waals surface area (Å²) >= 11 is 0. The number of hydrogen-bond acceptors (Lipinski definition) is 6. The van der Waals surface area contributed by atoms with Gasteiger partial charge in [0.2, 0.25) is 5.91 Å². The number of benzene rings is 1. The Bertz CT molecular complexity index is 987. The molecule has 1 saturated carbocycles. The van der Waals surface area contributed by atoms with Gasteiger partial charge in [-0.3, -0.25) is 4.79 Å². The second-order valence-electron chi connectivity index (χ2n) is 7.50. The summed E-state index contributed by atoms with van der Waals surface area (Å²) in [5.74, 6) is -0.910. The van der Waals surface area contributed by atoms with Gasteiger partial charge in [0, 0.05) is 30.0 Å². The standard InChI is InChI=1S/C23H24N2O5/c1-29-22(27)18-7-3-4-12-24(20(18)23(28)30-2)17-10-11-19-16(14-17)6-5-13-25(19)21(26)15-8-9-15/h3-4,7,10-12,14-15H,5-6,8-9,13H2,1-2H3. The van der Waals surface area contributed by atoms with Crippen molar-refractivity contribution in [3.63, 3.8) is 0 Å². The van der Waals surface area contributed by atoms with Crippen LogP contribution in [-0.2, 0) is 30.3 Å². The molecule has 0 N–H and O–H groups in total. The number of fused-ring (bicyclic) bond motifs is 1. The summed E-state index contributed by atoms with van der Waals surface area (Å²) in [6.45, 7) is 0.731. The number of anilines is 2. The van der Waals surface area contributed by atoms with Gasteiger partial charge in [-0.1, -0.05) is 6.08 Å². The molecular weight excluding hydrogens is 384 g/mol. The lowest BCUT2D eigenvalue weighted by molar-refractivity contribution is -0.139. The number of amides is 1. The number of hydrogen-bond donors (Lipinski definition) is 0. The van der Waals surface area contributed by atoms with Gasteiger partial charge in [-0.25, -0.2) is 9.59 Å². The molecule has 2 heterocycles. The van der Waals surface area contributed by atoms with Gasteiger partial charge >= 0.3 is 11.9 Å². The van der Waals surface area contributed by atoms with Crippen LogP contribution < -0.4 is 9.80 Å². The molecule has 30 heavy (non-hydrogen) atoms.